The van der Waals surface area contributed by atoms with E-state index in [1.165, 1.54) is 75.3 Å². The van der Waals surface area contributed by atoms with Gasteiger partial charge in [-0.1, -0.05) is 102 Å². The average molecular weight is 373 g/mol. The summed E-state index contributed by atoms with van der Waals surface area (Å²) in [6.07, 6.45) is 17.3. The fraction of sp³-hybridized carbons (Fsp3) is 0.720. The zero-order valence-corrected chi connectivity index (χ0v) is 17.7. The molecular formula is C25H40O2. The minimum absolute atomic E-state index is 0.0218. The fourth-order valence-electron chi connectivity index (χ4n) is 4.08. The van der Waals surface area contributed by atoms with E-state index in [2.05, 4.69) is 38.1 Å². The molecule has 0 N–H and O–H groups in total. The number of rotatable bonds is 14. The molecule has 0 spiro atoms. The number of aryl methyl sites for hydroxylation is 1. The van der Waals surface area contributed by atoms with Gasteiger partial charge in [0.1, 0.15) is 6.10 Å². The van der Waals surface area contributed by atoms with Crippen LogP contribution in [0.1, 0.15) is 115 Å². The quantitative estimate of drug-likeness (QED) is 0.249. The average Bonchev–Trinajstić information content (AvgIpc) is 3.05. The van der Waals surface area contributed by atoms with Crippen molar-refractivity contribution >= 4 is 5.97 Å². The molecule has 0 bridgehead atoms. The van der Waals surface area contributed by atoms with Crippen LogP contribution in [0, 0.1) is 5.92 Å². The first kappa shape index (κ1) is 22.0. The second-order valence-electron chi connectivity index (χ2n) is 8.32. The first-order valence-electron chi connectivity index (χ1n) is 11.5. The van der Waals surface area contributed by atoms with Gasteiger partial charge in [0.05, 0.1) is 5.92 Å². The van der Waals surface area contributed by atoms with Crippen LogP contribution in [0.3, 0.4) is 0 Å². The maximum absolute atomic E-state index is 12.2. The lowest BCUT2D eigenvalue weighted by atomic mass is 9.94. The molecule has 1 aromatic rings. The molecule has 2 atom stereocenters. The van der Waals surface area contributed by atoms with E-state index in [9.17, 15) is 4.79 Å². The number of esters is 1. The normalized spacial score (nSPS) is 19.4. The van der Waals surface area contributed by atoms with Crippen LogP contribution < -0.4 is 0 Å². The number of carbonyl (C=O) groups excluding carboxylic acids is 1. The summed E-state index contributed by atoms with van der Waals surface area (Å²) in [5.41, 5.74) is 2.58. The third-order valence-electron chi connectivity index (χ3n) is 5.92. The standard InChI is InChI=1S/C25H40O2/c1-3-5-7-9-11-13-15-23-20-24(27-25(23)26)22-18-16-21(17-19-22)14-12-10-8-6-4-2/h16-19,23-24H,3-15,20H2,1-2H3. The number of hydrogen-bond donors (Lipinski definition) is 0. The number of cyclic esters (lactones) is 1. The van der Waals surface area contributed by atoms with E-state index in [-0.39, 0.29) is 18.0 Å². The molecule has 1 aliphatic rings. The predicted octanol–water partition coefficient (Wildman–Crippen LogP) is 7.55. The van der Waals surface area contributed by atoms with E-state index in [0.29, 0.717) is 0 Å². The minimum atomic E-state index is -0.0267. The van der Waals surface area contributed by atoms with Gasteiger partial charge in [-0.15, -0.1) is 0 Å². The van der Waals surface area contributed by atoms with Gasteiger partial charge in [-0.2, -0.15) is 0 Å². The lowest BCUT2D eigenvalue weighted by molar-refractivity contribution is -0.144. The van der Waals surface area contributed by atoms with Gasteiger partial charge in [-0.25, -0.2) is 0 Å². The van der Waals surface area contributed by atoms with E-state index in [1.54, 1.807) is 0 Å². The molecule has 27 heavy (non-hydrogen) atoms. The van der Waals surface area contributed by atoms with Gasteiger partial charge in [-0.3, -0.25) is 4.79 Å². The highest BCUT2D eigenvalue weighted by molar-refractivity contribution is 5.74. The summed E-state index contributed by atoms with van der Waals surface area (Å²) in [7, 11) is 0. The maximum Gasteiger partial charge on any atom is 0.309 e. The van der Waals surface area contributed by atoms with Crippen LogP contribution in [0.15, 0.2) is 24.3 Å². The summed E-state index contributed by atoms with van der Waals surface area (Å²) in [5, 5.41) is 0. The molecule has 0 radical (unpaired) electrons. The lowest BCUT2D eigenvalue weighted by Crippen LogP contribution is -2.07. The topological polar surface area (TPSA) is 26.3 Å². The number of benzene rings is 1. The van der Waals surface area contributed by atoms with Crippen molar-refractivity contribution in [1.82, 2.24) is 0 Å². The third kappa shape index (κ3) is 8.07. The molecule has 1 aromatic carbocycles. The molecule has 152 valence electrons. The summed E-state index contributed by atoms with van der Waals surface area (Å²) in [5.74, 6) is 0.132. The van der Waals surface area contributed by atoms with E-state index < -0.39 is 0 Å². The molecule has 2 nitrogen and oxygen atoms in total. The molecule has 0 amide bonds. The summed E-state index contributed by atoms with van der Waals surface area (Å²) in [4.78, 5) is 12.2. The number of unbranched alkanes of at least 4 members (excludes halogenated alkanes) is 9. The van der Waals surface area contributed by atoms with Crippen molar-refractivity contribution in [1.29, 1.82) is 0 Å². The van der Waals surface area contributed by atoms with Crippen LogP contribution in [0.4, 0.5) is 0 Å². The lowest BCUT2D eigenvalue weighted by Gasteiger charge is -2.10. The van der Waals surface area contributed by atoms with Gasteiger partial charge in [-0.05, 0) is 30.4 Å². The van der Waals surface area contributed by atoms with Crippen LogP contribution in [-0.4, -0.2) is 5.97 Å². The van der Waals surface area contributed by atoms with Crippen LogP contribution in [0.25, 0.3) is 0 Å². The Morgan fingerprint density at radius 1 is 0.815 bits per heavy atom. The van der Waals surface area contributed by atoms with Crippen molar-refractivity contribution in [2.75, 3.05) is 0 Å². The molecule has 2 heteroatoms. The van der Waals surface area contributed by atoms with Gasteiger partial charge in [0.2, 0.25) is 0 Å². The van der Waals surface area contributed by atoms with Crippen molar-refractivity contribution in [3.63, 3.8) is 0 Å². The van der Waals surface area contributed by atoms with E-state index >= 15 is 0 Å². The Hall–Kier alpha value is -1.31. The highest BCUT2D eigenvalue weighted by atomic mass is 16.5. The van der Waals surface area contributed by atoms with E-state index in [0.717, 1.165) is 25.7 Å². The van der Waals surface area contributed by atoms with Crippen molar-refractivity contribution < 1.29 is 9.53 Å². The van der Waals surface area contributed by atoms with Gasteiger partial charge in [0.15, 0.2) is 0 Å². The SMILES string of the molecule is CCCCCCCCC1CC(c2ccc(CCCCCCC)cc2)OC1=O. The van der Waals surface area contributed by atoms with Crippen molar-refractivity contribution in [3.05, 3.63) is 35.4 Å². The van der Waals surface area contributed by atoms with Gasteiger partial charge >= 0.3 is 5.97 Å². The van der Waals surface area contributed by atoms with E-state index in [1.807, 2.05) is 0 Å². The molecule has 0 saturated carbocycles. The molecule has 1 aliphatic heterocycles. The third-order valence-corrected chi connectivity index (χ3v) is 5.92. The Bertz CT molecular complexity index is 520. The Labute approximate surface area is 167 Å². The maximum atomic E-state index is 12.2. The molecule has 1 heterocycles. The molecular weight excluding hydrogens is 332 g/mol. The van der Waals surface area contributed by atoms with Crippen molar-refractivity contribution in [2.45, 2.75) is 110 Å². The summed E-state index contributed by atoms with van der Waals surface area (Å²) < 4.78 is 5.68. The van der Waals surface area contributed by atoms with Crippen molar-refractivity contribution in [2.24, 2.45) is 5.92 Å². The van der Waals surface area contributed by atoms with Crippen LogP contribution in [0.2, 0.25) is 0 Å². The van der Waals surface area contributed by atoms with Gasteiger partial charge in [0.25, 0.3) is 0 Å². The highest BCUT2D eigenvalue weighted by Gasteiger charge is 2.34. The Kier molecular flexibility index (Phi) is 10.6. The first-order valence-corrected chi connectivity index (χ1v) is 11.5. The Balaban J connectivity index is 1.69. The summed E-state index contributed by atoms with van der Waals surface area (Å²) >= 11 is 0. The van der Waals surface area contributed by atoms with Crippen LogP contribution >= 0.6 is 0 Å². The summed E-state index contributed by atoms with van der Waals surface area (Å²) in [6, 6.07) is 8.80. The first-order chi connectivity index (χ1) is 13.2. The number of hydrogen-bond acceptors (Lipinski definition) is 2. The number of ether oxygens (including phenoxy) is 1. The minimum Gasteiger partial charge on any atom is -0.457 e. The Morgan fingerprint density at radius 2 is 1.41 bits per heavy atom. The zero-order chi connectivity index (χ0) is 19.3. The fourth-order valence-corrected chi connectivity index (χ4v) is 4.08. The van der Waals surface area contributed by atoms with Crippen LogP contribution in [0.5, 0.6) is 0 Å². The largest absolute Gasteiger partial charge is 0.457 e. The monoisotopic (exact) mass is 372 g/mol. The molecule has 1 fully saturated rings. The second-order valence-corrected chi connectivity index (χ2v) is 8.32. The summed E-state index contributed by atoms with van der Waals surface area (Å²) in [6.45, 7) is 4.50. The highest BCUT2D eigenvalue weighted by Crippen LogP contribution is 2.36. The molecule has 0 aliphatic carbocycles. The molecule has 1 saturated heterocycles. The zero-order valence-electron chi connectivity index (χ0n) is 17.7. The number of carbonyl (C=O) groups is 1. The van der Waals surface area contributed by atoms with Crippen molar-refractivity contribution in [3.8, 4) is 0 Å². The van der Waals surface area contributed by atoms with Crippen LogP contribution in [-0.2, 0) is 16.0 Å². The predicted molar refractivity (Wildman–Crippen MR) is 114 cm³/mol. The van der Waals surface area contributed by atoms with Gasteiger partial charge < -0.3 is 4.74 Å². The van der Waals surface area contributed by atoms with Gasteiger partial charge in [0, 0.05) is 6.42 Å². The Morgan fingerprint density at radius 3 is 2.07 bits per heavy atom. The smallest absolute Gasteiger partial charge is 0.309 e. The molecule has 2 rings (SSSR count). The second kappa shape index (κ2) is 13.0. The van der Waals surface area contributed by atoms with E-state index in [4.69, 9.17) is 4.74 Å². The molecule has 2 unspecified atom stereocenters. The molecule has 0 aromatic heterocycles.